The topological polar surface area (TPSA) is 29.3 Å². The van der Waals surface area contributed by atoms with Crippen molar-refractivity contribution in [2.45, 2.75) is 32.2 Å². The molecule has 0 amide bonds. The molecule has 0 spiro atoms. The molecule has 0 radical (unpaired) electrons. The van der Waals surface area contributed by atoms with Gasteiger partial charge < -0.3 is 10.6 Å². The molecule has 2 aliphatic carbocycles. The van der Waals surface area contributed by atoms with Gasteiger partial charge in [-0.25, -0.2) is 0 Å². The van der Waals surface area contributed by atoms with E-state index >= 15 is 0 Å². The molecule has 2 heteroatoms. The summed E-state index contributed by atoms with van der Waals surface area (Å²) in [7, 11) is 0. The van der Waals surface area contributed by atoms with Gasteiger partial charge in [0, 0.05) is 5.70 Å². The van der Waals surface area contributed by atoms with E-state index in [4.69, 9.17) is 5.73 Å². The Bertz CT molecular complexity index is 1020. The van der Waals surface area contributed by atoms with Gasteiger partial charge in [-0.15, -0.1) is 0 Å². The first-order chi connectivity index (χ1) is 14.1. The summed E-state index contributed by atoms with van der Waals surface area (Å²) >= 11 is 0. The van der Waals surface area contributed by atoms with Crippen molar-refractivity contribution in [3.8, 4) is 11.1 Å². The first-order valence-electron chi connectivity index (χ1n) is 10.3. The first kappa shape index (κ1) is 19.1. The minimum absolute atomic E-state index is 0.232. The largest absolute Gasteiger partial charge is 0.397 e. The number of allylic oxidation sites excluding steroid dienone is 7. The quantitative estimate of drug-likeness (QED) is 0.572. The van der Waals surface area contributed by atoms with Gasteiger partial charge in [-0.05, 0) is 60.6 Å². The fraction of sp³-hybridized carbons (Fsp3) is 0.185. The molecule has 0 heterocycles. The average molecular weight is 381 g/mol. The van der Waals surface area contributed by atoms with Crippen LogP contribution < -0.4 is 10.6 Å². The summed E-state index contributed by atoms with van der Waals surface area (Å²) in [6, 6.07) is 15.2. The molecule has 2 nitrogen and oxygen atoms in total. The molecular weight excluding hydrogens is 352 g/mol. The van der Waals surface area contributed by atoms with Crippen molar-refractivity contribution in [2.24, 2.45) is 0 Å². The Hall–Kier alpha value is -3.26. The van der Waals surface area contributed by atoms with Crippen LogP contribution in [0, 0.1) is 0 Å². The van der Waals surface area contributed by atoms with Crippen molar-refractivity contribution < 1.29 is 0 Å². The lowest BCUT2D eigenvalue weighted by Crippen LogP contribution is -2.33. The molecule has 4 rings (SSSR count). The Labute approximate surface area is 174 Å². The van der Waals surface area contributed by atoms with E-state index in [9.17, 15) is 0 Å². The maximum atomic E-state index is 6.64. The number of rotatable bonds is 5. The third-order valence-corrected chi connectivity index (χ3v) is 5.57. The average Bonchev–Trinajstić information content (AvgIpc) is 2.76. The predicted molar refractivity (Wildman–Crippen MR) is 127 cm³/mol. The van der Waals surface area contributed by atoms with Gasteiger partial charge in [0.15, 0.2) is 0 Å². The van der Waals surface area contributed by atoms with Gasteiger partial charge in [-0.1, -0.05) is 79.4 Å². The molecule has 146 valence electrons. The highest BCUT2D eigenvalue weighted by Gasteiger charge is 2.22. The molecule has 1 unspecified atom stereocenters. The fourth-order valence-corrected chi connectivity index (χ4v) is 4.19. The van der Waals surface area contributed by atoms with Crippen LogP contribution in [0.5, 0.6) is 0 Å². The summed E-state index contributed by atoms with van der Waals surface area (Å²) < 4.78 is 0. The normalized spacial score (nSPS) is 17.8. The molecule has 29 heavy (non-hydrogen) atoms. The van der Waals surface area contributed by atoms with E-state index in [0.29, 0.717) is 0 Å². The molecule has 0 aliphatic heterocycles. The highest BCUT2D eigenvalue weighted by molar-refractivity contribution is 5.89. The van der Waals surface area contributed by atoms with Crippen LogP contribution >= 0.6 is 0 Å². The zero-order chi connectivity index (χ0) is 20.2. The lowest BCUT2D eigenvalue weighted by molar-refractivity contribution is 0.755. The molecule has 2 aromatic rings. The summed E-state index contributed by atoms with van der Waals surface area (Å²) in [5.74, 6) is 0. The van der Waals surface area contributed by atoms with Crippen molar-refractivity contribution in [1.82, 2.24) is 0 Å². The lowest BCUT2D eigenvalue weighted by atomic mass is 9.89. The van der Waals surface area contributed by atoms with Gasteiger partial charge in [0.2, 0.25) is 0 Å². The van der Waals surface area contributed by atoms with E-state index in [1.165, 1.54) is 22.3 Å². The summed E-state index contributed by atoms with van der Waals surface area (Å²) in [5.41, 5.74) is 14.5. The number of anilines is 2. The van der Waals surface area contributed by atoms with Crippen molar-refractivity contribution >= 4 is 16.9 Å². The van der Waals surface area contributed by atoms with Gasteiger partial charge in [-0.3, -0.25) is 0 Å². The third-order valence-electron chi connectivity index (χ3n) is 5.57. The highest BCUT2D eigenvalue weighted by atomic mass is 15.2. The van der Waals surface area contributed by atoms with Crippen LogP contribution in [0.15, 0.2) is 97.3 Å². The molecule has 0 aromatic heterocycles. The van der Waals surface area contributed by atoms with E-state index in [1.807, 2.05) is 0 Å². The van der Waals surface area contributed by atoms with Crippen molar-refractivity contribution in [2.75, 3.05) is 10.6 Å². The van der Waals surface area contributed by atoms with Crippen LogP contribution in [0.2, 0.25) is 0 Å². The molecule has 0 saturated carbocycles. The van der Waals surface area contributed by atoms with Crippen LogP contribution in [0.3, 0.4) is 0 Å². The minimum Gasteiger partial charge on any atom is -0.397 e. The van der Waals surface area contributed by atoms with Gasteiger partial charge in [0.05, 0.1) is 17.4 Å². The van der Waals surface area contributed by atoms with E-state index in [2.05, 4.69) is 103 Å². The van der Waals surface area contributed by atoms with Crippen LogP contribution in [-0.2, 0) is 0 Å². The standard InChI is InChI=1S/C27H28N2/c1-20(2)29(23-16-10-5-11-17-23)27-19-25(22-14-8-4-9-15-22)24(18-26(27)28)21-12-6-3-7-13-21/h3-8,10-14,16,18-19,23H,1,9,15,17,28H2,2H3. The lowest BCUT2D eigenvalue weighted by Gasteiger charge is -2.34. The predicted octanol–water partition coefficient (Wildman–Crippen LogP) is 6.89. The molecule has 1 atom stereocenters. The summed E-state index contributed by atoms with van der Waals surface area (Å²) in [4.78, 5) is 2.27. The number of hydrogen-bond acceptors (Lipinski definition) is 2. The highest BCUT2D eigenvalue weighted by Crippen LogP contribution is 2.40. The van der Waals surface area contributed by atoms with E-state index < -0.39 is 0 Å². The molecule has 0 bridgehead atoms. The molecule has 0 saturated heterocycles. The van der Waals surface area contributed by atoms with Crippen molar-refractivity contribution in [3.05, 3.63) is 103 Å². The van der Waals surface area contributed by atoms with Gasteiger partial charge in [0.1, 0.15) is 0 Å². The number of nitrogens with two attached hydrogens (primary N) is 1. The summed E-state index contributed by atoms with van der Waals surface area (Å²) in [6.07, 6.45) is 18.3. The Balaban J connectivity index is 1.88. The Morgan fingerprint density at radius 2 is 1.86 bits per heavy atom. The smallest absolute Gasteiger partial charge is 0.0653 e. The maximum absolute atomic E-state index is 6.64. The third kappa shape index (κ3) is 3.97. The van der Waals surface area contributed by atoms with Crippen molar-refractivity contribution in [3.63, 3.8) is 0 Å². The molecule has 2 aliphatic rings. The van der Waals surface area contributed by atoms with E-state index in [-0.39, 0.29) is 6.04 Å². The summed E-state index contributed by atoms with van der Waals surface area (Å²) in [6.45, 7) is 6.31. The molecule has 2 aromatic carbocycles. The van der Waals surface area contributed by atoms with Crippen LogP contribution in [0.1, 0.15) is 31.7 Å². The van der Waals surface area contributed by atoms with E-state index in [1.54, 1.807) is 0 Å². The second kappa shape index (κ2) is 8.40. The number of nitrogen functional groups attached to an aromatic ring is 1. The second-order valence-electron chi connectivity index (χ2n) is 7.70. The monoisotopic (exact) mass is 380 g/mol. The van der Waals surface area contributed by atoms with E-state index in [0.717, 1.165) is 36.3 Å². The minimum atomic E-state index is 0.232. The van der Waals surface area contributed by atoms with Crippen LogP contribution in [0.4, 0.5) is 11.4 Å². The molecule has 0 fully saturated rings. The SMILES string of the molecule is C=C(C)N(c1cc(C2=CC=CCC2)c(-c2ccccc2)cc1N)C1C=CC=CC1. The Morgan fingerprint density at radius 3 is 2.52 bits per heavy atom. The van der Waals surface area contributed by atoms with Crippen molar-refractivity contribution in [1.29, 1.82) is 0 Å². The fourth-order valence-electron chi connectivity index (χ4n) is 4.19. The zero-order valence-corrected chi connectivity index (χ0v) is 17.0. The number of benzene rings is 2. The molecular formula is C27H28N2. The summed E-state index contributed by atoms with van der Waals surface area (Å²) in [5, 5.41) is 0. The second-order valence-corrected chi connectivity index (χ2v) is 7.70. The van der Waals surface area contributed by atoms with Gasteiger partial charge >= 0.3 is 0 Å². The molecule has 2 N–H and O–H groups in total. The van der Waals surface area contributed by atoms with Gasteiger partial charge in [-0.2, -0.15) is 0 Å². The number of nitrogens with zero attached hydrogens (tertiary/aromatic N) is 1. The first-order valence-corrected chi connectivity index (χ1v) is 10.3. The van der Waals surface area contributed by atoms with Crippen LogP contribution in [-0.4, -0.2) is 6.04 Å². The Kier molecular flexibility index (Phi) is 5.53. The van der Waals surface area contributed by atoms with Gasteiger partial charge in [0.25, 0.3) is 0 Å². The Morgan fingerprint density at radius 1 is 1.03 bits per heavy atom. The number of hydrogen-bond donors (Lipinski definition) is 1. The maximum Gasteiger partial charge on any atom is 0.0653 e. The zero-order valence-electron chi connectivity index (χ0n) is 17.0. The van der Waals surface area contributed by atoms with Crippen LogP contribution in [0.25, 0.3) is 16.7 Å².